The number of nitrogens with zero attached hydrogens (tertiary/aromatic N) is 1. The van der Waals surface area contributed by atoms with Gasteiger partial charge in [0.1, 0.15) is 0 Å². The van der Waals surface area contributed by atoms with E-state index in [1.165, 1.54) is 31.2 Å². The Bertz CT molecular complexity index is 278. The van der Waals surface area contributed by atoms with Gasteiger partial charge in [-0.15, -0.1) is 0 Å². The number of unbranched alkanes of at least 4 members (excludes halogenated alkanes) is 2. The summed E-state index contributed by atoms with van der Waals surface area (Å²) in [5.74, 6) is 0. The van der Waals surface area contributed by atoms with Crippen LogP contribution in [0.5, 0.6) is 0 Å². The molecular formula is C14H26N2. The molecule has 1 aromatic heterocycles. The molecule has 0 saturated heterocycles. The van der Waals surface area contributed by atoms with E-state index < -0.39 is 0 Å². The highest BCUT2D eigenvalue weighted by Crippen LogP contribution is 2.13. The third kappa shape index (κ3) is 4.40. The van der Waals surface area contributed by atoms with Gasteiger partial charge in [0, 0.05) is 25.0 Å². The Hall–Kier alpha value is -0.760. The molecule has 1 N–H and O–H groups in total. The highest BCUT2D eigenvalue weighted by Gasteiger charge is 2.05. The van der Waals surface area contributed by atoms with Crippen LogP contribution in [0.3, 0.4) is 0 Å². The summed E-state index contributed by atoms with van der Waals surface area (Å²) in [5, 5.41) is 3.56. The zero-order valence-corrected chi connectivity index (χ0v) is 11.0. The van der Waals surface area contributed by atoms with Crippen LogP contribution in [0.2, 0.25) is 0 Å². The highest BCUT2D eigenvalue weighted by atomic mass is 15.0. The maximum atomic E-state index is 3.56. The van der Waals surface area contributed by atoms with E-state index in [1.807, 2.05) is 0 Å². The Labute approximate surface area is 100 Å². The Morgan fingerprint density at radius 1 is 1.25 bits per heavy atom. The predicted molar refractivity (Wildman–Crippen MR) is 70.7 cm³/mol. The minimum absolute atomic E-state index is 0.481. The van der Waals surface area contributed by atoms with Crippen LogP contribution < -0.4 is 5.32 Å². The zero-order chi connectivity index (χ0) is 11.8. The third-order valence-corrected chi connectivity index (χ3v) is 3.02. The van der Waals surface area contributed by atoms with Gasteiger partial charge in [-0.3, -0.25) is 0 Å². The van der Waals surface area contributed by atoms with Crippen molar-refractivity contribution in [2.45, 2.75) is 59.0 Å². The number of aromatic nitrogens is 1. The molecule has 16 heavy (non-hydrogen) atoms. The van der Waals surface area contributed by atoms with Gasteiger partial charge in [0.15, 0.2) is 0 Å². The number of rotatable bonds is 8. The van der Waals surface area contributed by atoms with Crippen LogP contribution >= 0.6 is 0 Å². The molecule has 0 aromatic carbocycles. The van der Waals surface area contributed by atoms with Crippen molar-refractivity contribution in [2.75, 3.05) is 6.54 Å². The lowest BCUT2D eigenvalue weighted by atomic mass is 10.2. The van der Waals surface area contributed by atoms with Crippen molar-refractivity contribution in [2.24, 2.45) is 0 Å². The molecule has 0 unspecified atom stereocenters. The van der Waals surface area contributed by atoms with Crippen LogP contribution in [-0.4, -0.2) is 11.1 Å². The van der Waals surface area contributed by atoms with Gasteiger partial charge in [-0.1, -0.05) is 26.7 Å². The van der Waals surface area contributed by atoms with Gasteiger partial charge in [-0.25, -0.2) is 0 Å². The summed E-state index contributed by atoms with van der Waals surface area (Å²) in [6.45, 7) is 8.98. The lowest BCUT2D eigenvalue weighted by molar-refractivity contribution is 0.552. The second kappa shape index (κ2) is 7.50. The van der Waals surface area contributed by atoms with Crippen molar-refractivity contribution in [3.8, 4) is 0 Å². The molecule has 0 fully saturated rings. The first-order chi connectivity index (χ1) is 7.77. The van der Waals surface area contributed by atoms with Crippen molar-refractivity contribution >= 4 is 0 Å². The van der Waals surface area contributed by atoms with E-state index in [4.69, 9.17) is 0 Å². The summed E-state index contributed by atoms with van der Waals surface area (Å²) in [4.78, 5) is 0. The van der Waals surface area contributed by atoms with E-state index in [0.717, 1.165) is 13.1 Å². The molecule has 2 nitrogen and oxygen atoms in total. The molecule has 0 spiro atoms. The van der Waals surface area contributed by atoms with Crippen LogP contribution in [0.1, 0.15) is 58.1 Å². The number of nitrogens with one attached hydrogen (secondary N) is 1. The van der Waals surface area contributed by atoms with Gasteiger partial charge in [0.2, 0.25) is 0 Å². The summed E-state index contributed by atoms with van der Waals surface area (Å²) in [6, 6.07) is 2.72. The van der Waals surface area contributed by atoms with Crippen LogP contribution in [0.25, 0.3) is 0 Å². The number of hydrogen-bond acceptors (Lipinski definition) is 1. The fourth-order valence-electron chi connectivity index (χ4n) is 1.81. The summed E-state index contributed by atoms with van der Waals surface area (Å²) in [5.41, 5.74) is 1.41. The quantitative estimate of drug-likeness (QED) is 0.663. The van der Waals surface area contributed by atoms with E-state index in [-0.39, 0.29) is 0 Å². The lowest BCUT2D eigenvalue weighted by Crippen LogP contribution is -2.19. The molecule has 0 aliphatic rings. The average molecular weight is 222 g/mol. The third-order valence-electron chi connectivity index (χ3n) is 3.02. The standard InChI is InChI=1S/C14H26N2/c1-4-6-9-15-13(3)14-8-11-16(12-14)10-7-5-2/h8,11-13,15H,4-7,9-10H2,1-3H3/t13-/m0/s1. The van der Waals surface area contributed by atoms with Gasteiger partial charge in [0.25, 0.3) is 0 Å². The monoisotopic (exact) mass is 222 g/mol. The Morgan fingerprint density at radius 3 is 2.69 bits per heavy atom. The average Bonchev–Trinajstić information content (AvgIpc) is 2.75. The summed E-state index contributed by atoms with van der Waals surface area (Å²) in [7, 11) is 0. The minimum atomic E-state index is 0.481. The van der Waals surface area contributed by atoms with E-state index in [9.17, 15) is 0 Å². The summed E-state index contributed by atoms with van der Waals surface area (Å²) in [6.07, 6.45) is 9.53. The second-order valence-corrected chi connectivity index (χ2v) is 4.57. The largest absolute Gasteiger partial charge is 0.354 e. The maximum absolute atomic E-state index is 3.56. The minimum Gasteiger partial charge on any atom is -0.354 e. The first-order valence-electron chi connectivity index (χ1n) is 6.67. The molecule has 0 amide bonds. The molecule has 0 radical (unpaired) electrons. The van der Waals surface area contributed by atoms with Gasteiger partial charge in [0.05, 0.1) is 0 Å². The fraction of sp³-hybridized carbons (Fsp3) is 0.714. The molecule has 2 heteroatoms. The molecule has 0 bridgehead atoms. The van der Waals surface area contributed by atoms with E-state index in [0.29, 0.717) is 6.04 Å². The van der Waals surface area contributed by atoms with Gasteiger partial charge < -0.3 is 9.88 Å². The smallest absolute Gasteiger partial charge is 0.0306 e. The van der Waals surface area contributed by atoms with E-state index in [2.05, 4.69) is 49.1 Å². The van der Waals surface area contributed by atoms with Gasteiger partial charge in [-0.2, -0.15) is 0 Å². The Morgan fingerprint density at radius 2 is 2.00 bits per heavy atom. The Kier molecular flexibility index (Phi) is 6.24. The van der Waals surface area contributed by atoms with Crippen LogP contribution in [-0.2, 0) is 6.54 Å². The second-order valence-electron chi connectivity index (χ2n) is 4.57. The molecule has 1 heterocycles. The van der Waals surface area contributed by atoms with E-state index in [1.54, 1.807) is 0 Å². The predicted octanol–water partition coefficient (Wildman–Crippen LogP) is 3.74. The van der Waals surface area contributed by atoms with Crippen molar-refractivity contribution in [3.05, 3.63) is 24.0 Å². The number of hydrogen-bond donors (Lipinski definition) is 1. The first-order valence-corrected chi connectivity index (χ1v) is 6.67. The molecule has 0 aliphatic carbocycles. The van der Waals surface area contributed by atoms with Crippen molar-refractivity contribution in [3.63, 3.8) is 0 Å². The van der Waals surface area contributed by atoms with Crippen LogP contribution in [0.15, 0.2) is 18.5 Å². The normalized spacial score (nSPS) is 12.9. The van der Waals surface area contributed by atoms with Gasteiger partial charge >= 0.3 is 0 Å². The SMILES string of the molecule is CCCCN[C@@H](C)c1ccn(CCCC)c1. The summed E-state index contributed by atoms with van der Waals surface area (Å²) >= 11 is 0. The van der Waals surface area contributed by atoms with Crippen LogP contribution in [0, 0.1) is 0 Å². The molecular weight excluding hydrogens is 196 g/mol. The Balaban J connectivity index is 2.37. The van der Waals surface area contributed by atoms with Crippen LogP contribution in [0.4, 0.5) is 0 Å². The molecule has 0 aliphatic heterocycles. The fourth-order valence-corrected chi connectivity index (χ4v) is 1.81. The van der Waals surface area contributed by atoms with Crippen molar-refractivity contribution < 1.29 is 0 Å². The maximum Gasteiger partial charge on any atom is 0.0306 e. The van der Waals surface area contributed by atoms with Gasteiger partial charge in [-0.05, 0) is 37.9 Å². The van der Waals surface area contributed by atoms with Crippen molar-refractivity contribution in [1.29, 1.82) is 0 Å². The summed E-state index contributed by atoms with van der Waals surface area (Å²) < 4.78 is 2.30. The lowest BCUT2D eigenvalue weighted by Gasteiger charge is -2.11. The number of aryl methyl sites for hydroxylation is 1. The molecule has 1 atom stereocenters. The zero-order valence-electron chi connectivity index (χ0n) is 11.0. The van der Waals surface area contributed by atoms with Crippen molar-refractivity contribution in [1.82, 2.24) is 9.88 Å². The first kappa shape index (κ1) is 13.3. The molecule has 92 valence electrons. The highest BCUT2D eigenvalue weighted by molar-refractivity contribution is 5.14. The molecule has 0 saturated carbocycles. The molecule has 1 aromatic rings. The van der Waals surface area contributed by atoms with E-state index >= 15 is 0 Å². The molecule has 1 rings (SSSR count). The topological polar surface area (TPSA) is 17.0 Å².